The molecule has 1 fully saturated rings. The first-order valence-electron chi connectivity index (χ1n) is 16.6. The van der Waals surface area contributed by atoms with Crippen molar-refractivity contribution < 1.29 is 57.2 Å². The van der Waals surface area contributed by atoms with Gasteiger partial charge < -0.3 is 34.3 Å². The Balaban J connectivity index is 2.47. The van der Waals surface area contributed by atoms with Gasteiger partial charge in [-0.15, -0.1) is 0 Å². The van der Waals surface area contributed by atoms with Crippen LogP contribution in [0.2, 0.25) is 0 Å². The number of ether oxygens (including phenoxy) is 5. The number of rotatable bonds is 9. The molecule has 49 heavy (non-hydrogen) atoms. The second-order valence-electron chi connectivity index (χ2n) is 13.1. The minimum atomic E-state index is -1.69. The number of hydrogen-bond donors (Lipinski definition) is 2. The van der Waals surface area contributed by atoms with Gasteiger partial charge in [-0.25, -0.2) is 19.2 Å². The number of alkyl carbamates (subject to hydrolysis) is 1. The highest BCUT2D eigenvalue weighted by molar-refractivity contribution is 6.01. The number of carbonyl (C=O) groups is 7. The highest BCUT2D eigenvalue weighted by Gasteiger charge is 2.39. The molecule has 2 N–H and O–H groups in total. The van der Waals surface area contributed by atoms with Crippen molar-refractivity contribution in [2.75, 3.05) is 0 Å². The molecular weight excluding hydrogens is 640 g/mol. The third kappa shape index (κ3) is 13.5. The first kappa shape index (κ1) is 40.7. The lowest BCUT2D eigenvalue weighted by molar-refractivity contribution is -0.180. The molecule has 0 bridgehead atoms. The Labute approximate surface area is 287 Å². The van der Waals surface area contributed by atoms with E-state index in [2.05, 4.69) is 10.6 Å². The summed E-state index contributed by atoms with van der Waals surface area (Å²) < 4.78 is 27.0. The van der Waals surface area contributed by atoms with Crippen LogP contribution in [0.4, 0.5) is 4.79 Å². The number of benzene rings is 1. The van der Waals surface area contributed by atoms with Gasteiger partial charge >= 0.3 is 30.0 Å². The van der Waals surface area contributed by atoms with Crippen molar-refractivity contribution in [2.45, 2.75) is 124 Å². The van der Waals surface area contributed by atoms with E-state index >= 15 is 0 Å². The molecule has 1 heterocycles. The van der Waals surface area contributed by atoms with E-state index in [1.54, 1.807) is 58.0 Å². The number of nitrogens with one attached hydrogen (secondary N) is 2. The van der Waals surface area contributed by atoms with E-state index in [1.165, 1.54) is 13.8 Å². The number of cyclic esters (lactones) is 4. The first-order valence-corrected chi connectivity index (χ1v) is 16.6. The van der Waals surface area contributed by atoms with E-state index in [-0.39, 0.29) is 31.3 Å². The maximum atomic E-state index is 13.5. The van der Waals surface area contributed by atoms with Gasteiger partial charge in [-0.3, -0.25) is 14.4 Å². The molecule has 14 nitrogen and oxygen atoms in total. The van der Waals surface area contributed by atoms with Crippen molar-refractivity contribution in [1.29, 1.82) is 0 Å². The third-order valence-electron chi connectivity index (χ3n) is 7.75. The standard InChI is InChI=1S/C35H50N2O12/c1-9-21(6)30-31(40)36-25(15-19(2)3)26(38)17-28(39)48-27(16-20(4)5)33(42)46-22(7)29(34(43)47-23(8)32(41)49-30)37-35(44)45-18-24-13-11-10-12-14-24/h10-14,19-23,25,27,29-30H,9,15-18H2,1-8H3,(H,36,40)(H,37,44)/t21?,22-,23+,25+,27+,29+,30+/m1/s1. The van der Waals surface area contributed by atoms with E-state index in [0.717, 1.165) is 0 Å². The summed E-state index contributed by atoms with van der Waals surface area (Å²) in [6, 6.07) is 5.90. The molecule has 0 spiro atoms. The SMILES string of the molecule is CCC(C)[C@@H]1OC(=O)[C@H](C)OC(=O)[C@@H](NC(=O)OCc2ccccc2)[C@@H](C)OC(=O)[C@H](CC(C)C)OC(=O)CC(=O)[C@H](CC(C)C)NC1=O. The number of ketones is 1. The van der Waals surface area contributed by atoms with E-state index in [4.69, 9.17) is 23.7 Å². The molecular formula is C35H50N2O12. The molecule has 2 amide bonds. The zero-order valence-electron chi connectivity index (χ0n) is 29.5. The third-order valence-corrected chi connectivity index (χ3v) is 7.75. The van der Waals surface area contributed by atoms with Crippen LogP contribution in [0.1, 0.15) is 86.6 Å². The van der Waals surface area contributed by atoms with Crippen molar-refractivity contribution in [1.82, 2.24) is 10.6 Å². The fourth-order valence-electron chi connectivity index (χ4n) is 4.83. The molecule has 1 aromatic carbocycles. The van der Waals surface area contributed by atoms with Gasteiger partial charge in [0.2, 0.25) is 0 Å². The summed E-state index contributed by atoms with van der Waals surface area (Å²) in [7, 11) is 0. The lowest BCUT2D eigenvalue weighted by atomic mass is 9.96. The number of Topliss-reactive ketones (excluding diaryl/α,β-unsaturated/α-hetero) is 1. The van der Waals surface area contributed by atoms with E-state index in [1.807, 2.05) is 13.8 Å². The number of hydrogen-bond acceptors (Lipinski definition) is 12. The summed E-state index contributed by atoms with van der Waals surface area (Å²) in [4.78, 5) is 92.4. The minimum Gasteiger partial charge on any atom is -0.457 e. The lowest BCUT2D eigenvalue weighted by Crippen LogP contribution is -2.53. The second kappa shape index (κ2) is 19.5. The molecule has 1 aliphatic heterocycles. The van der Waals surface area contributed by atoms with Crippen molar-refractivity contribution in [3.8, 4) is 0 Å². The maximum Gasteiger partial charge on any atom is 0.408 e. The van der Waals surface area contributed by atoms with Crippen LogP contribution < -0.4 is 10.6 Å². The summed E-state index contributed by atoms with van der Waals surface area (Å²) in [6.07, 6.45) is -7.05. The molecule has 1 aliphatic rings. The minimum absolute atomic E-state index is 0.0127. The molecule has 2 rings (SSSR count). The second-order valence-corrected chi connectivity index (χ2v) is 13.1. The Morgan fingerprint density at radius 2 is 1.49 bits per heavy atom. The monoisotopic (exact) mass is 690 g/mol. The van der Waals surface area contributed by atoms with Gasteiger partial charge in [-0.05, 0) is 50.5 Å². The molecule has 0 aromatic heterocycles. The van der Waals surface area contributed by atoms with Crippen LogP contribution in [0.25, 0.3) is 0 Å². The van der Waals surface area contributed by atoms with Crippen molar-refractivity contribution >= 4 is 41.7 Å². The zero-order chi connectivity index (χ0) is 36.8. The van der Waals surface area contributed by atoms with Crippen LogP contribution in [0, 0.1) is 17.8 Å². The average molecular weight is 691 g/mol. The Kier molecular flexibility index (Phi) is 16.2. The van der Waals surface area contributed by atoms with Gasteiger partial charge in [-0.2, -0.15) is 0 Å². The quantitative estimate of drug-likeness (QED) is 0.218. The molecule has 0 saturated carbocycles. The van der Waals surface area contributed by atoms with Gasteiger partial charge in [0.1, 0.15) is 19.1 Å². The maximum absolute atomic E-state index is 13.5. The van der Waals surface area contributed by atoms with Crippen LogP contribution in [0.3, 0.4) is 0 Å². The number of carbonyl (C=O) groups excluding carboxylic acids is 7. The lowest BCUT2D eigenvalue weighted by Gasteiger charge is -2.29. The van der Waals surface area contributed by atoms with Crippen LogP contribution >= 0.6 is 0 Å². The number of esters is 4. The molecule has 1 unspecified atom stereocenters. The fraction of sp³-hybridized carbons (Fsp3) is 0.629. The molecule has 0 aliphatic carbocycles. The number of amides is 2. The van der Waals surface area contributed by atoms with Crippen LogP contribution in [-0.4, -0.2) is 78.2 Å². The zero-order valence-corrected chi connectivity index (χ0v) is 29.5. The Hall–Kier alpha value is -4.49. The van der Waals surface area contributed by atoms with E-state index in [9.17, 15) is 33.6 Å². The van der Waals surface area contributed by atoms with Gasteiger partial charge in [0.05, 0.1) is 6.04 Å². The Bertz CT molecular complexity index is 1310. The van der Waals surface area contributed by atoms with Crippen LogP contribution in [-0.2, 0) is 59.1 Å². The average Bonchev–Trinajstić information content (AvgIpc) is 3.03. The first-order chi connectivity index (χ1) is 23.0. The van der Waals surface area contributed by atoms with Gasteiger partial charge in [0.15, 0.2) is 30.1 Å². The van der Waals surface area contributed by atoms with Gasteiger partial charge in [0, 0.05) is 5.92 Å². The molecule has 7 atom stereocenters. The highest BCUT2D eigenvalue weighted by Crippen LogP contribution is 2.19. The normalized spacial score (nSPS) is 25.6. The summed E-state index contributed by atoms with van der Waals surface area (Å²) in [5.74, 6) is -6.50. The van der Waals surface area contributed by atoms with E-state index < -0.39 is 90.5 Å². The highest BCUT2D eigenvalue weighted by atomic mass is 16.6. The molecule has 14 heteroatoms. The summed E-state index contributed by atoms with van der Waals surface area (Å²) in [6.45, 7) is 13.0. The van der Waals surface area contributed by atoms with Crippen molar-refractivity contribution in [2.24, 2.45) is 17.8 Å². The predicted molar refractivity (Wildman–Crippen MR) is 174 cm³/mol. The van der Waals surface area contributed by atoms with Crippen LogP contribution in [0.15, 0.2) is 30.3 Å². The van der Waals surface area contributed by atoms with Crippen LogP contribution in [0.5, 0.6) is 0 Å². The smallest absolute Gasteiger partial charge is 0.408 e. The summed E-state index contributed by atoms with van der Waals surface area (Å²) in [5, 5.41) is 4.93. The summed E-state index contributed by atoms with van der Waals surface area (Å²) in [5.41, 5.74) is 0.660. The Morgan fingerprint density at radius 3 is 2.08 bits per heavy atom. The summed E-state index contributed by atoms with van der Waals surface area (Å²) >= 11 is 0. The molecule has 0 radical (unpaired) electrons. The molecule has 1 saturated heterocycles. The van der Waals surface area contributed by atoms with Gasteiger partial charge in [0.25, 0.3) is 5.91 Å². The largest absolute Gasteiger partial charge is 0.457 e. The van der Waals surface area contributed by atoms with E-state index in [0.29, 0.717) is 12.0 Å². The van der Waals surface area contributed by atoms with Crippen molar-refractivity contribution in [3.05, 3.63) is 35.9 Å². The van der Waals surface area contributed by atoms with Crippen molar-refractivity contribution in [3.63, 3.8) is 0 Å². The fourth-order valence-corrected chi connectivity index (χ4v) is 4.83. The Morgan fingerprint density at radius 1 is 0.857 bits per heavy atom. The molecule has 1 aromatic rings. The molecule has 272 valence electrons. The predicted octanol–water partition coefficient (Wildman–Crippen LogP) is 3.56. The topological polar surface area (TPSA) is 190 Å². The van der Waals surface area contributed by atoms with Gasteiger partial charge in [-0.1, -0.05) is 71.9 Å².